The van der Waals surface area contributed by atoms with Gasteiger partial charge in [0.2, 0.25) is 11.8 Å². The van der Waals surface area contributed by atoms with Gasteiger partial charge in [-0.05, 0) is 62.1 Å². The lowest BCUT2D eigenvalue weighted by atomic mass is 10.0. The number of amides is 3. The third-order valence-corrected chi connectivity index (χ3v) is 8.07. The summed E-state index contributed by atoms with van der Waals surface area (Å²) in [6.45, 7) is 4.00. The monoisotopic (exact) mass is 567 g/mol. The normalized spacial score (nSPS) is 18.1. The molecule has 0 radical (unpaired) electrons. The maximum atomic E-state index is 14.8. The highest BCUT2D eigenvalue weighted by atomic mass is 32.1. The van der Waals surface area contributed by atoms with E-state index < -0.39 is 17.9 Å². The van der Waals surface area contributed by atoms with E-state index >= 15 is 0 Å². The summed E-state index contributed by atoms with van der Waals surface area (Å²) < 4.78 is 29.6. The highest BCUT2D eigenvalue weighted by molar-refractivity contribution is 7.11. The maximum Gasteiger partial charge on any atom is 0.299 e. The molecule has 3 aromatic rings. The van der Waals surface area contributed by atoms with Gasteiger partial charge < -0.3 is 21.3 Å². The first kappa shape index (κ1) is 28.9. The lowest BCUT2D eigenvalue weighted by molar-refractivity contribution is -0.139. The molecule has 5 N–H and O–H groups in total. The zero-order chi connectivity index (χ0) is 29.0. The lowest BCUT2D eigenvalue weighted by Gasteiger charge is -2.28. The lowest BCUT2D eigenvalue weighted by Crippen LogP contribution is -2.51. The Morgan fingerprint density at radius 3 is 2.48 bits per heavy atom. The Bertz CT molecular complexity index is 1440. The van der Waals surface area contributed by atoms with E-state index in [1.807, 2.05) is 26.0 Å². The maximum absolute atomic E-state index is 14.8. The number of nitrogens with one attached hydrogen (secondary N) is 3. The molecule has 2 unspecified atom stereocenters. The molecule has 0 spiro atoms. The van der Waals surface area contributed by atoms with E-state index in [0.717, 1.165) is 16.1 Å². The fourth-order valence-corrected chi connectivity index (χ4v) is 6.03. The van der Waals surface area contributed by atoms with Crippen molar-refractivity contribution in [1.29, 1.82) is 5.41 Å². The molecule has 5 rings (SSSR count). The number of alkyl halides is 2. The Morgan fingerprint density at radius 1 is 1.07 bits per heavy atom. The Labute approximate surface area is 235 Å². The standard InChI is InChI=1S/C28H27F2N3O3S.CH4N2/c1-16-7-12-24(27(36)31-14-19-10-8-17(2)37-19)33(16)25(34)15-32-26(35)18-9-11-23-21(13-18)20-5-3-4-6-22(20)28(23,29)30;2-1-3/h3-6,8-11,13,16,24H,7,12,14-15H2,1-2H3,(H,31,36)(H,32,35);1H,(H3,2,3). The van der Waals surface area contributed by atoms with Crippen molar-refractivity contribution in [2.45, 2.75) is 51.2 Å². The Hall–Kier alpha value is -4.12. The molecule has 1 saturated heterocycles. The Kier molecular flexibility index (Phi) is 8.63. The number of likely N-dealkylation sites (tertiary alicyclic amines) is 1. The summed E-state index contributed by atoms with van der Waals surface area (Å²) in [5, 5.41) is 11.4. The topological polar surface area (TPSA) is 128 Å². The van der Waals surface area contributed by atoms with Crippen LogP contribution in [0.25, 0.3) is 11.1 Å². The second-order valence-electron chi connectivity index (χ2n) is 9.70. The van der Waals surface area contributed by atoms with Crippen molar-refractivity contribution in [2.24, 2.45) is 5.73 Å². The number of carbonyl (C=O) groups excluding carboxylic acids is 3. The van der Waals surface area contributed by atoms with Crippen molar-refractivity contribution in [1.82, 2.24) is 15.5 Å². The highest BCUT2D eigenvalue weighted by Crippen LogP contribution is 2.50. The molecular weight excluding hydrogens is 536 g/mol. The zero-order valence-corrected chi connectivity index (χ0v) is 23.0. The van der Waals surface area contributed by atoms with Crippen LogP contribution in [0.1, 0.15) is 51.0 Å². The van der Waals surface area contributed by atoms with Crippen molar-refractivity contribution < 1.29 is 23.2 Å². The quantitative estimate of drug-likeness (QED) is 0.263. The van der Waals surface area contributed by atoms with Crippen LogP contribution < -0.4 is 16.4 Å². The summed E-state index contributed by atoms with van der Waals surface area (Å²) in [6, 6.07) is 13.5. The van der Waals surface area contributed by atoms with Crippen LogP contribution in [0.4, 0.5) is 8.78 Å². The molecule has 1 aromatic heterocycles. The van der Waals surface area contributed by atoms with Crippen molar-refractivity contribution in [3.05, 3.63) is 81.0 Å². The van der Waals surface area contributed by atoms with Crippen LogP contribution in [0.2, 0.25) is 0 Å². The number of carbonyl (C=O) groups is 3. The Morgan fingerprint density at radius 2 is 1.77 bits per heavy atom. The van der Waals surface area contributed by atoms with E-state index in [-0.39, 0.29) is 41.1 Å². The molecule has 40 heavy (non-hydrogen) atoms. The molecule has 2 aliphatic rings. The predicted octanol–water partition coefficient (Wildman–Crippen LogP) is 4.15. The van der Waals surface area contributed by atoms with Crippen LogP contribution in [0.15, 0.2) is 54.6 Å². The van der Waals surface area contributed by atoms with Crippen LogP contribution >= 0.6 is 11.3 Å². The molecule has 2 atom stereocenters. The number of hydrogen-bond acceptors (Lipinski definition) is 5. The van der Waals surface area contributed by atoms with Gasteiger partial charge in [0.15, 0.2) is 0 Å². The minimum atomic E-state index is -3.12. The summed E-state index contributed by atoms with van der Waals surface area (Å²) in [6.07, 6.45) is 1.99. The average molecular weight is 568 g/mol. The first-order chi connectivity index (χ1) is 19.1. The van der Waals surface area contributed by atoms with Gasteiger partial charge in [-0.3, -0.25) is 19.8 Å². The van der Waals surface area contributed by atoms with Crippen LogP contribution in [0.5, 0.6) is 0 Å². The number of hydrogen-bond donors (Lipinski definition) is 4. The number of rotatable bonds is 6. The molecule has 0 saturated carbocycles. The molecular formula is C29H31F2N5O3S. The first-order valence-corrected chi connectivity index (χ1v) is 13.6. The fraction of sp³-hybridized carbons (Fsp3) is 0.310. The molecule has 2 heterocycles. The second-order valence-corrected chi connectivity index (χ2v) is 11.1. The molecule has 1 aliphatic carbocycles. The van der Waals surface area contributed by atoms with Crippen molar-refractivity contribution in [2.75, 3.05) is 6.54 Å². The van der Waals surface area contributed by atoms with E-state index in [4.69, 9.17) is 5.41 Å². The molecule has 3 amide bonds. The third kappa shape index (κ3) is 5.74. The van der Waals surface area contributed by atoms with Gasteiger partial charge in [-0.2, -0.15) is 8.78 Å². The molecule has 210 valence electrons. The van der Waals surface area contributed by atoms with Gasteiger partial charge in [0.05, 0.1) is 19.4 Å². The van der Waals surface area contributed by atoms with Crippen molar-refractivity contribution in [3.63, 3.8) is 0 Å². The summed E-state index contributed by atoms with van der Waals surface area (Å²) >= 11 is 1.61. The molecule has 1 aliphatic heterocycles. The Balaban J connectivity index is 0.00000118. The number of nitrogens with zero attached hydrogens (tertiary/aromatic N) is 1. The van der Waals surface area contributed by atoms with E-state index in [2.05, 4.69) is 16.4 Å². The van der Waals surface area contributed by atoms with Gasteiger partial charge in [0, 0.05) is 32.5 Å². The molecule has 1 fully saturated rings. The third-order valence-electron chi connectivity index (χ3n) is 7.07. The highest BCUT2D eigenvalue weighted by Gasteiger charge is 2.44. The zero-order valence-electron chi connectivity index (χ0n) is 22.2. The number of aryl methyl sites for hydroxylation is 1. The minimum Gasteiger partial charge on any atom is -0.390 e. The number of thiophene rings is 1. The SMILES string of the molecule is Cc1ccc(CNC(=O)C2CCC(C)N2C(=O)CNC(=O)c2ccc3c(c2)-c2ccccc2C3(F)F)s1.N=CN. The van der Waals surface area contributed by atoms with Crippen LogP contribution in [0.3, 0.4) is 0 Å². The summed E-state index contributed by atoms with van der Waals surface area (Å²) in [5.41, 5.74) is 5.06. The van der Waals surface area contributed by atoms with E-state index in [9.17, 15) is 23.2 Å². The second kappa shape index (κ2) is 12.0. The largest absolute Gasteiger partial charge is 0.390 e. The van der Waals surface area contributed by atoms with Gasteiger partial charge in [-0.25, -0.2) is 0 Å². The van der Waals surface area contributed by atoms with Crippen LogP contribution in [-0.4, -0.2) is 47.6 Å². The van der Waals surface area contributed by atoms with Crippen LogP contribution in [-0.2, 0) is 22.1 Å². The number of nitrogens with two attached hydrogens (primary N) is 1. The van der Waals surface area contributed by atoms with Gasteiger partial charge in [-0.15, -0.1) is 11.3 Å². The van der Waals surface area contributed by atoms with Gasteiger partial charge in [-0.1, -0.05) is 30.3 Å². The molecule has 8 nitrogen and oxygen atoms in total. The van der Waals surface area contributed by atoms with Gasteiger partial charge >= 0.3 is 0 Å². The smallest absolute Gasteiger partial charge is 0.299 e. The molecule has 0 bridgehead atoms. The van der Waals surface area contributed by atoms with Crippen LogP contribution in [0, 0.1) is 12.3 Å². The minimum absolute atomic E-state index is 0.0840. The van der Waals surface area contributed by atoms with Crippen molar-refractivity contribution >= 4 is 35.4 Å². The van der Waals surface area contributed by atoms with E-state index in [1.54, 1.807) is 29.5 Å². The first-order valence-electron chi connectivity index (χ1n) is 12.8. The number of halogens is 2. The summed E-state index contributed by atoms with van der Waals surface area (Å²) in [5.74, 6) is -4.23. The summed E-state index contributed by atoms with van der Waals surface area (Å²) in [4.78, 5) is 42.5. The number of benzene rings is 2. The molecule has 11 heteroatoms. The van der Waals surface area contributed by atoms with Gasteiger partial charge in [0.1, 0.15) is 6.04 Å². The van der Waals surface area contributed by atoms with E-state index in [1.165, 1.54) is 29.2 Å². The molecule has 2 aromatic carbocycles. The van der Waals surface area contributed by atoms with E-state index in [0.29, 0.717) is 30.5 Å². The fourth-order valence-electron chi connectivity index (χ4n) is 5.20. The van der Waals surface area contributed by atoms with Gasteiger partial charge in [0.25, 0.3) is 11.8 Å². The predicted molar refractivity (Wildman–Crippen MR) is 150 cm³/mol. The van der Waals surface area contributed by atoms with Crippen molar-refractivity contribution in [3.8, 4) is 11.1 Å². The summed E-state index contributed by atoms with van der Waals surface area (Å²) in [7, 11) is 0. The average Bonchev–Trinajstić information content (AvgIpc) is 3.60. The number of fused-ring (bicyclic) bond motifs is 3.